The van der Waals surface area contributed by atoms with Crippen molar-refractivity contribution in [3.63, 3.8) is 0 Å². The van der Waals surface area contributed by atoms with Gasteiger partial charge in [0.2, 0.25) is 0 Å². The predicted molar refractivity (Wildman–Crippen MR) is 99.9 cm³/mol. The predicted octanol–water partition coefficient (Wildman–Crippen LogP) is 4.67. The van der Waals surface area contributed by atoms with Crippen molar-refractivity contribution in [3.05, 3.63) is 65.4 Å². The first kappa shape index (κ1) is 17.7. The second-order valence-corrected chi connectivity index (χ2v) is 6.18. The van der Waals surface area contributed by atoms with Crippen molar-refractivity contribution in [1.82, 2.24) is 4.57 Å². The summed E-state index contributed by atoms with van der Waals surface area (Å²) in [5.74, 6) is -1.33. The molecule has 3 rings (SSSR count). The Kier molecular flexibility index (Phi) is 5.07. The van der Waals surface area contributed by atoms with Crippen LogP contribution in [0.4, 0.5) is 0 Å². The van der Waals surface area contributed by atoms with Crippen LogP contribution in [-0.2, 0) is 6.54 Å². The summed E-state index contributed by atoms with van der Waals surface area (Å²) in [5, 5.41) is 10.1. The number of aryl methyl sites for hydroxylation is 1. The van der Waals surface area contributed by atoms with Gasteiger partial charge in [0.05, 0.1) is 22.3 Å². The maximum Gasteiger partial charge on any atom is 0.344 e. The normalized spacial score (nSPS) is 10.8. The number of aromatic nitrogens is 1. The molecule has 0 saturated heterocycles. The van der Waals surface area contributed by atoms with E-state index in [0.717, 1.165) is 36.0 Å². The van der Waals surface area contributed by atoms with Gasteiger partial charge in [-0.25, -0.2) is 9.59 Å². The summed E-state index contributed by atoms with van der Waals surface area (Å²) in [6, 6.07) is 13.8. The molecule has 5 nitrogen and oxygen atoms in total. The first-order chi connectivity index (χ1) is 12.5. The summed E-state index contributed by atoms with van der Waals surface area (Å²) >= 11 is 0. The van der Waals surface area contributed by atoms with Crippen LogP contribution >= 0.6 is 0 Å². The zero-order valence-corrected chi connectivity index (χ0v) is 14.9. The number of hydrogen-bond acceptors (Lipinski definition) is 3. The molecular weight excluding hydrogens is 330 g/mol. The molecule has 2 aromatic carbocycles. The van der Waals surface area contributed by atoms with Crippen LogP contribution in [0.5, 0.6) is 5.75 Å². The number of aromatic carboxylic acids is 1. The van der Waals surface area contributed by atoms with E-state index in [9.17, 15) is 14.7 Å². The highest BCUT2D eigenvalue weighted by Gasteiger charge is 2.22. The lowest BCUT2D eigenvalue weighted by Gasteiger charge is -2.09. The summed E-state index contributed by atoms with van der Waals surface area (Å²) in [5.41, 5.74) is 1.85. The van der Waals surface area contributed by atoms with Crippen molar-refractivity contribution in [2.45, 2.75) is 33.2 Å². The van der Waals surface area contributed by atoms with E-state index in [-0.39, 0.29) is 11.1 Å². The van der Waals surface area contributed by atoms with Gasteiger partial charge in [0.1, 0.15) is 0 Å². The van der Waals surface area contributed by atoms with Gasteiger partial charge >= 0.3 is 11.9 Å². The maximum absolute atomic E-state index is 12.7. The van der Waals surface area contributed by atoms with Crippen LogP contribution in [0.15, 0.2) is 48.5 Å². The number of hydrogen-bond donors (Lipinski definition) is 1. The molecule has 3 aromatic rings. The number of ether oxygens (including phenoxy) is 1. The molecule has 1 aromatic heterocycles. The van der Waals surface area contributed by atoms with Crippen LogP contribution in [0.1, 0.15) is 46.2 Å². The summed E-state index contributed by atoms with van der Waals surface area (Å²) < 4.78 is 7.82. The Bertz CT molecular complexity index is 971. The van der Waals surface area contributed by atoms with Gasteiger partial charge in [0.25, 0.3) is 0 Å². The number of unbranched alkanes of at least 4 members (excludes halogenated alkanes) is 1. The minimum absolute atomic E-state index is 0.0461. The number of benzene rings is 2. The van der Waals surface area contributed by atoms with E-state index < -0.39 is 11.9 Å². The molecule has 0 spiro atoms. The number of rotatable bonds is 6. The second-order valence-electron chi connectivity index (χ2n) is 6.18. The van der Waals surface area contributed by atoms with Crippen LogP contribution in [0.25, 0.3) is 10.9 Å². The zero-order valence-electron chi connectivity index (χ0n) is 14.9. The van der Waals surface area contributed by atoms with Crippen molar-refractivity contribution in [2.24, 2.45) is 0 Å². The largest absolute Gasteiger partial charge is 0.478 e. The van der Waals surface area contributed by atoms with Crippen LogP contribution in [0.2, 0.25) is 0 Å². The van der Waals surface area contributed by atoms with Crippen molar-refractivity contribution < 1.29 is 19.4 Å². The fraction of sp³-hybridized carbons (Fsp3) is 0.238. The van der Waals surface area contributed by atoms with Crippen LogP contribution < -0.4 is 4.74 Å². The van der Waals surface area contributed by atoms with Crippen LogP contribution in [0.3, 0.4) is 0 Å². The molecule has 0 amide bonds. The van der Waals surface area contributed by atoms with E-state index >= 15 is 0 Å². The molecule has 0 atom stereocenters. The second kappa shape index (κ2) is 7.44. The SMILES string of the molecule is CCCCn1c(C)c(OC(=O)c2ccccc2C(=O)O)c2ccccc21. The Morgan fingerprint density at radius 1 is 1.04 bits per heavy atom. The smallest absolute Gasteiger partial charge is 0.344 e. The van der Waals surface area contributed by atoms with Gasteiger partial charge in [0, 0.05) is 11.9 Å². The van der Waals surface area contributed by atoms with E-state index in [4.69, 9.17) is 4.74 Å². The molecule has 0 aliphatic rings. The van der Waals surface area contributed by atoms with Gasteiger partial charge in [-0.2, -0.15) is 0 Å². The van der Waals surface area contributed by atoms with Gasteiger partial charge in [0.15, 0.2) is 5.75 Å². The number of carboxylic acid groups (broad SMARTS) is 1. The van der Waals surface area contributed by atoms with E-state index in [0.29, 0.717) is 5.75 Å². The maximum atomic E-state index is 12.7. The summed E-state index contributed by atoms with van der Waals surface area (Å²) in [6.45, 7) is 4.89. The van der Waals surface area contributed by atoms with E-state index in [1.54, 1.807) is 12.1 Å². The van der Waals surface area contributed by atoms with Crippen molar-refractivity contribution >= 4 is 22.8 Å². The first-order valence-corrected chi connectivity index (χ1v) is 8.67. The molecule has 0 radical (unpaired) electrons. The van der Waals surface area contributed by atoms with Crippen LogP contribution in [-0.4, -0.2) is 21.6 Å². The van der Waals surface area contributed by atoms with Gasteiger partial charge in [-0.1, -0.05) is 37.6 Å². The number of carbonyl (C=O) groups excluding carboxylic acids is 1. The minimum Gasteiger partial charge on any atom is -0.478 e. The monoisotopic (exact) mass is 351 g/mol. The highest BCUT2D eigenvalue weighted by atomic mass is 16.5. The van der Waals surface area contributed by atoms with E-state index in [1.165, 1.54) is 12.1 Å². The molecule has 1 heterocycles. The average molecular weight is 351 g/mol. The van der Waals surface area contributed by atoms with Gasteiger partial charge < -0.3 is 14.4 Å². The van der Waals surface area contributed by atoms with Gasteiger partial charge in [-0.05, 0) is 37.6 Å². The molecule has 0 aliphatic heterocycles. The fourth-order valence-electron chi connectivity index (χ4n) is 3.13. The van der Waals surface area contributed by atoms with E-state index in [2.05, 4.69) is 11.5 Å². The number of nitrogens with zero attached hydrogens (tertiary/aromatic N) is 1. The average Bonchev–Trinajstić information content (AvgIpc) is 2.91. The lowest BCUT2D eigenvalue weighted by molar-refractivity contribution is 0.0668. The van der Waals surface area contributed by atoms with Crippen molar-refractivity contribution in [3.8, 4) is 5.75 Å². The molecule has 0 fully saturated rings. The Balaban J connectivity index is 2.03. The Morgan fingerprint density at radius 3 is 2.38 bits per heavy atom. The summed E-state index contributed by atoms with van der Waals surface area (Å²) in [6.07, 6.45) is 2.09. The molecule has 134 valence electrons. The minimum atomic E-state index is -1.15. The summed E-state index contributed by atoms with van der Waals surface area (Å²) in [4.78, 5) is 24.0. The number of fused-ring (bicyclic) bond motifs is 1. The number of carboxylic acids is 1. The molecule has 0 unspecified atom stereocenters. The third kappa shape index (κ3) is 3.20. The molecule has 5 heteroatoms. The summed E-state index contributed by atoms with van der Waals surface area (Å²) in [7, 11) is 0. The number of esters is 1. The topological polar surface area (TPSA) is 68.5 Å². The highest BCUT2D eigenvalue weighted by molar-refractivity contribution is 6.04. The third-order valence-electron chi connectivity index (χ3n) is 4.48. The number of carbonyl (C=O) groups is 2. The van der Waals surface area contributed by atoms with Gasteiger partial charge in [-0.15, -0.1) is 0 Å². The Labute approximate surface area is 151 Å². The fourth-order valence-corrected chi connectivity index (χ4v) is 3.13. The lowest BCUT2D eigenvalue weighted by atomic mass is 10.1. The van der Waals surface area contributed by atoms with Crippen LogP contribution in [0, 0.1) is 6.92 Å². The zero-order chi connectivity index (χ0) is 18.7. The Hall–Kier alpha value is -3.08. The van der Waals surface area contributed by atoms with Crippen molar-refractivity contribution in [2.75, 3.05) is 0 Å². The molecule has 0 saturated carbocycles. The molecular formula is C21H21NO4. The molecule has 26 heavy (non-hydrogen) atoms. The third-order valence-corrected chi connectivity index (χ3v) is 4.48. The lowest BCUT2D eigenvalue weighted by Crippen LogP contribution is -2.14. The quantitative estimate of drug-likeness (QED) is 0.655. The molecule has 0 aliphatic carbocycles. The highest BCUT2D eigenvalue weighted by Crippen LogP contribution is 2.33. The van der Waals surface area contributed by atoms with Gasteiger partial charge in [-0.3, -0.25) is 0 Å². The standard InChI is InChI=1S/C21H21NO4/c1-3-4-13-22-14(2)19(17-11-7-8-12-18(17)22)26-21(25)16-10-6-5-9-15(16)20(23)24/h5-12H,3-4,13H2,1-2H3,(H,23,24). The number of para-hydroxylation sites is 1. The molecule has 1 N–H and O–H groups in total. The van der Waals surface area contributed by atoms with Crippen molar-refractivity contribution in [1.29, 1.82) is 0 Å². The van der Waals surface area contributed by atoms with E-state index in [1.807, 2.05) is 31.2 Å². The Morgan fingerprint density at radius 2 is 1.69 bits per heavy atom. The first-order valence-electron chi connectivity index (χ1n) is 8.67. The molecule has 0 bridgehead atoms.